The second kappa shape index (κ2) is 7.35. The van der Waals surface area contributed by atoms with Gasteiger partial charge in [-0.1, -0.05) is 36.4 Å². The standard InChI is InChI=1S/C22H21N5O2/c1-14(2)26-20(29)13-12-17(24-26)21-18-10-7-11-19(23-15(3)28)27(18)25-22(21)16-8-5-4-6-9-16/h4-14H,1-3H3,(H,23,28). The van der Waals surface area contributed by atoms with Crippen molar-refractivity contribution in [2.75, 3.05) is 5.32 Å². The lowest BCUT2D eigenvalue weighted by Crippen LogP contribution is -2.23. The molecule has 0 aliphatic rings. The third kappa shape index (κ3) is 3.42. The second-order valence-corrected chi connectivity index (χ2v) is 7.07. The maximum Gasteiger partial charge on any atom is 0.267 e. The Hall–Kier alpha value is -3.74. The number of hydrogen-bond donors (Lipinski definition) is 1. The molecular formula is C22H21N5O2. The summed E-state index contributed by atoms with van der Waals surface area (Å²) >= 11 is 0. The number of nitrogens with zero attached hydrogens (tertiary/aromatic N) is 4. The molecule has 1 amide bonds. The van der Waals surface area contributed by atoms with Crippen molar-refractivity contribution >= 4 is 17.2 Å². The minimum atomic E-state index is -0.178. The first kappa shape index (κ1) is 18.6. The minimum absolute atomic E-state index is 0.0700. The van der Waals surface area contributed by atoms with Gasteiger partial charge in [0.25, 0.3) is 5.56 Å². The van der Waals surface area contributed by atoms with E-state index >= 15 is 0 Å². The van der Waals surface area contributed by atoms with Crippen LogP contribution in [0.5, 0.6) is 0 Å². The quantitative estimate of drug-likeness (QED) is 0.578. The van der Waals surface area contributed by atoms with Crippen LogP contribution in [0.1, 0.15) is 26.8 Å². The van der Waals surface area contributed by atoms with Crippen molar-refractivity contribution in [3.8, 4) is 22.5 Å². The molecule has 0 spiro atoms. The lowest BCUT2D eigenvalue weighted by Gasteiger charge is -2.10. The third-order valence-electron chi connectivity index (χ3n) is 4.58. The largest absolute Gasteiger partial charge is 0.311 e. The van der Waals surface area contributed by atoms with Crippen LogP contribution in [0.15, 0.2) is 65.5 Å². The Morgan fingerprint density at radius 1 is 0.966 bits per heavy atom. The van der Waals surface area contributed by atoms with Crippen LogP contribution in [0.3, 0.4) is 0 Å². The zero-order valence-corrected chi connectivity index (χ0v) is 16.5. The first-order valence-electron chi connectivity index (χ1n) is 9.40. The fourth-order valence-corrected chi connectivity index (χ4v) is 3.32. The molecule has 0 unspecified atom stereocenters. The van der Waals surface area contributed by atoms with Crippen molar-refractivity contribution < 1.29 is 4.79 Å². The molecule has 0 fully saturated rings. The smallest absolute Gasteiger partial charge is 0.267 e. The zero-order chi connectivity index (χ0) is 20.5. The van der Waals surface area contributed by atoms with Crippen LogP contribution in [0.25, 0.3) is 28.0 Å². The summed E-state index contributed by atoms with van der Waals surface area (Å²) in [6.45, 7) is 5.30. The Kier molecular flexibility index (Phi) is 4.72. The Labute approximate surface area is 167 Å². The van der Waals surface area contributed by atoms with E-state index in [1.165, 1.54) is 17.7 Å². The molecule has 4 aromatic rings. The Morgan fingerprint density at radius 3 is 2.41 bits per heavy atom. The summed E-state index contributed by atoms with van der Waals surface area (Å²) in [5, 5.41) is 12.2. The number of carbonyl (C=O) groups excluding carboxylic acids is 1. The van der Waals surface area contributed by atoms with E-state index in [9.17, 15) is 9.59 Å². The molecule has 0 saturated carbocycles. The van der Waals surface area contributed by atoms with Crippen molar-refractivity contribution in [1.29, 1.82) is 0 Å². The van der Waals surface area contributed by atoms with E-state index in [0.717, 1.165) is 22.3 Å². The number of benzene rings is 1. The number of aromatic nitrogens is 4. The molecule has 146 valence electrons. The topological polar surface area (TPSA) is 81.3 Å². The molecule has 0 aliphatic carbocycles. The van der Waals surface area contributed by atoms with Gasteiger partial charge in [0, 0.05) is 18.6 Å². The highest BCUT2D eigenvalue weighted by Gasteiger charge is 2.20. The van der Waals surface area contributed by atoms with Crippen molar-refractivity contribution in [3.05, 3.63) is 71.0 Å². The molecule has 7 heteroatoms. The molecule has 7 nitrogen and oxygen atoms in total. The van der Waals surface area contributed by atoms with Crippen molar-refractivity contribution in [3.63, 3.8) is 0 Å². The SMILES string of the molecule is CC(=O)Nc1cccc2c(-c3ccc(=O)n(C(C)C)n3)c(-c3ccccc3)nn12. The van der Waals surface area contributed by atoms with Crippen LogP contribution >= 0.6 is 0 Å². The molecule has 0 radical (unpaired) electrons. The van der Waals surface area contributed by atoms with Crippen LogP contribution in [-0.4, -0.2) is 25.3 Å². The number of nitrogens with one attached hydrogen (secondary N) is 1. The Balaban J connectivity index is 2.05. The van der Waals surface area contributed by atoms with Crippen LogP contribution < -0.4 is 10.9 Å². The monoisotopic (exact) mass is 387 g/mol. The fraction of sp³-hybridized carbons (Fsp3) is 0.182. The molecule has 0 aliphatic heterocycles. The third-order valence-corrected chi connectivity index (χ3v) is 4.58. The number of carbonyl (C=O) groups is 1. The van der Waals surface area contributed by atoms with E-state index in [-0.39, 0.29) is 17.5 Å². The molecule has 1 N–H and O–H groups in total. The van der Waals surface area contributed by atoms with Crippen molar-refractivity contribution in [2.24, 2.45) is 0 Å². The number of amides is 1. The summed E-state index contributed by atoms with van der Waals surface area (Å²) in [6.07, 6.45) is 0. The van der Waals surface area contributed by atoms with Crippen LogP contribution in [0.4, 0.5) is 5.82 Å². The summed E-state index contributed by atoms with van der Waals surface area (Å²) in [7, 11) is 0. The summed E-state index contributed by atoms with van der Waals surface area (Å²) in [5.41, 5.74) is 3.73. The number of rotatable bonds is 4. The highest BCUT2D eigenvalue weighted by atomic mass is 16.1. The number of fused-ring (bicyclic) bond motifs is 1. The maximum atomic E-state index is 12.2. The van der Waals surface area contributed by atoms with Crippen LogP contribution in [0, 0.1) is 0 Å². The average Bonchev–Trinajstić information content (AvgIpc) is 3.09. The maximum absolute atomic E-state index is 12.2. The summed E-state index contributed by atoms with van der Waals surface area (Å²) < 4.78 is 3.16. The highest BCUT2D eigenvalue weighted by molar-refractivity contribution is 5.93. The zero-order valence-electron chi connectivity index (χ0n) is 16.5. The van der Waals surface area contributed by atoms with Crippen LogP contribution in [0.2, 0.25) is 0 Å². The van der Waals surface area contributed by atoms with Gasteiger partial charge < -0.3 is 5.32 Å². The molecule has 1 aromatic carbocycles. The van der Waals surface area contributed by atoms with Gasteiger partial charge in [0.2, 0.25) is 5.91 Å². The summed E-state index contributed by atoms with van der Waals surface area (Å²) in [6, 6.07) is 18.5. The van der Waals surface area contributed by atoms with Gasteiger partial charge in [0.15, 0.2) is 0 Å². The lowest BCUT2D eigenvalue weighted by atomic mass is 10.0. The van der Waals surface area contributed by atoms with Crippen molar-refractivity contribution in [1.82, 2.24) is 19.4 Å². The molecule has 0 atom stereocenters. The lowest BCUT2D eigenvalue weighted by molar-refractivity contribution is -0.114. The molecule has 0 bridgehead atoms. The molecule has 0 saturated heterocycles. The normalized spacial score (nSPS) is 11.2. The van der Waals surface area contributed by atoms with E-state index < -0.39 is 0 Å². The van der Waals surface area contributed by atoms with Crippen molar-refractivity contribution in [2.45, 2.75) is 26.8 Å². The van der Waals surface area contributed by atoms with Crippen LogP contribution in [-0.2, 0) is 4.79 Å². The highest BCUT2D eigenvalue weighted by Crippen LogP contribution is 2.35. The summed E-state index contributed by atoms with van der Waals surface area (Å²) in [4.78, 5) is 23.9. The molecule has 3 aromatic heterocycles. The Bertz CT molecular complexity index is 1260. The first-order valence-corrected chi connectivity index (χ1v) is 9.40. The summed E-state index contributed by atoms with van der Waals surface area (Å²) in [5.74, 6) is 0.387. The van der Waals surface area contributed by atoms with E-state index in [0.29, 0.717) is 11.5 Å². The van der Waals surface area contributed by atoms with Gasteiger partial charge >= 0.3 is 0 Å². The molecule has 4 rings (SSSR count). The number of hydrogen-bond acceptors (Lipinski definition) is 4. The van der Waals surface area contributed by atoms with Gasteiger partial charge in [-0.2, -0.15) is 10.2 Å². The van der Waals surface area contributed by atoms with E-state index in [2.05, 4.69) is 10.4 Å². The average molecular weight is 387 g/mol. The van der Waals surface area contributed by atoms with E-state index in [1.54, 1.807) is 16.6 Å². The molecular weight excluding hydrogens is 366 g/mol. The van der Waals surface area contributed by atoms with Gasteiger partial charge in [0.1, 0.15) is 11.5 Å². The molecule has 29 heavy (non-hydrogen) atoms. The fourth-order valence-electron chi connectivity index (χ4n) is 3.32. The predicted octanol–water partition coefficient (Wildman–Crippen LogP) is 3.76. The van der Waals surface area contributed by atoms with Gasteiger partial charge in [-0.25, -0.2) is 9.20 Å². The van der Waals surface area contributed by atoms with Gasteiger partial charge in [-0.15, -0.1) is 0 Å². The number of anilines is 1. The second-order valence-electron chi connectivity index (χ2n) is 7.07. The van der Waals surface area contributed by atoms with Gasteiger partial charge in [-0.05, 0) is 32.0 Å². The number of pyridine rings is 1. The predicted molar refractivity (Wildman–Crippen MR) is 113 cm³/mol. The van der Waals surface area contributed by atoms with E-state index in [1.807, 2.05) is 56.3 Å². The Morgan fingerprint density at radius 2 is 1.72 bits per heavy atom. The van der Waals surface area contributed by atoms with E-state index in [4.69, 9.17) is 5.10 Å². The molecule has 3 heterocycles. The van der Waals surface area contributed by atoms with Gasteiger partial charge in [0.05, 0.1) is 22.8 Å². The minimum Gasteiger partial charge on any atom is -0.311 e. The van der Waals surface area contributed by atoms with Gasteiger partial charge in [-0.3, -0.25) is 9.59 Å². The first-order chi connectivity index (χ1) is 14.0.